The maximum atomic E-state index is 13.7. The number of aromatic nitrogens is 5. The lowest BCUT2D eigenvalue weighted by Crippen LogP contribution is -2.07. The Morgan fingerprint density at radius 3 is 1.45 bits per heavy atom. The van der Waals surface area contributed by atoms with Gasteiger partial charge in [0.1, 0.15) is 28.7 Å². The molecule has 0 atom stereocenters. The Morgan fingerprint density at radius 1 is 0.618 bits per heavy atom. The minimum Gasteiger partial charge on any atom is -0.508 e. The first kappa shape index (κ1) is 37.9. The van der Waals surface area contributed by atoms with Crippen molar-refractivity contribution >= 4 is 0 Å². The monoisotopic (exact) mass is 757 g/mol. The lowest BCUT2D eigenvalue weighted by molar-refractivity contribution is -0.138. The third-order valence-electron chi connectivity index (χ3n) is 8.70. The van der Waals surface area contributed by atoms with Crippen molar-refractivity contribution in [3.63, 3.8) is 0 Å². The fraction of sp³-hybridized carbons (Fsp3) is 0.150. The van der Waals surface area contributed by atoms with E-state index >= 15 is 0 Å². The summed E-state index contributed by atoms with van der Waals surface area (Å²) >= 11 is 0. The standard InChI is InChI=1S/C20H15F3N4O2.C20H14F3NO2/c1-10-18(11(2)29-26-10)19-15(12-3-5-14(28)6-4-12)7-13(20(21,22)23)8-16(19)17-9-24-27-25-17;1-4-13-9-15(20(21,22)23)10-17(14-5-7-16(25)8-6-14)19(13)18-11(2)24-26-12(18)3/h3-9,28H,1-2H3,(H,24,25,27);1,5-10,25H,2-3H3. The van der Waals surface area contributed by atoms with Crippen LogP contribution in [-0.2, 0) is 12.4 Å². The molecule has 0 aliphatic rings. The fourth-order valence-electron chi connectivity index (χ4n) is 6.21. The van der Waals surface area contributed by atoms with Crippen LogP contribution in [0.1, 0.15) is 39.6 Å². The van der Waals surface area contributed by atoms with E-state index in [0.29, 0.717) is 67.4 Å². The summed E-state index contributed by atoms with van der Waals surface area (Å²) in [5.74, 6) is 3.30. The summed E-state index contributed by atoms with van der Waals surface area (Å²) in [6, 6.07) is 16.0. The molecule has 0 bridgehead atoms. The molecule has 3 heterocycles. The van der Waals surface area contributed by atoms with Crippen LogP contribution in [0.2, 0.25) is 0 Å². The lowest BCUT2D eigenvalue weighted by atomic mass is 9.86. The van der Waals surface area contributed by atoms with E-state index in [2.05, 4.69) is 31.6 Å². The van der Waals surface area contributed by atoms with Gasteiger partial charge in [-0.1, -0.05) is 40.5 Å². The van der Waals surface area contributed by atoms with E-state index in [4.69, 9.17) is 15.5 Å². The summed E-state index contributed by atoms with van der Waals surface area (Å²) in [4.78, 5) is 0. The van der Waals surface area contributed by atoms with E-state index in [1.807, 2.05) is 0 Å². The van der Waals surface area contributed by atoms with E-state index in [9.17, 15) is 36.6 Å². The molecule has 0 saturated carbocycles. The number of H-pyrrole nitrogens is 1. The fourth-order valence-corrected chi connectivity index (χ4v) is 6.21. The van der Waals surface area contributed by atoms with Gasteiger partial charge in [-0.2, -0.15) is 41.8 Å². The molecular formula is C40H29F6N5O4. The molecule has 0 unspecified atom stereocenters. The summed E-state index contributed by atoms with van der Waals surface area (Å²) in [6.07, 6.45) is -2.22. The highest BCUT2D eigenvalue weighted by Gasteiger charge is 2.35. The summed E-state index contributed by atoms with van der Waals surface area (Å²) in [7, 11) is 0. The minimum absolute atomic E-state index is 0.0105. The number of hydrogen-bond donors (Lipinski definition) is 3. The van der Waals surface area contributed by atoms with E-state index < -0.39 is 23.5 Å². The number of benzene rings is 4. The molecule has 0 aliphatic carbocycles. The molecule has 3 aromatic heterocycles. The first-order valence-electron chi connectivity index (χ1n) is 16.3. The van der Waals surface area contributed by atoms with Gasteiger partial charge in [0, 0.05) is 33.4 Å². The average Bonchev–Trinajstić information content (AvgIpc) is 3.88. The van der Waals surface area contributed by atoms with Crippen molar-refractivity contribution in [2.45, 2.75) is 40.0 Å². The van der Waals surface area contributed by atoms with Gasteiger partial charge in [0.2, 0.25) is 0 Å². The molecule has 55 heavy (non-hydrogen) atoms. The van der Waals surface area contributed by atoms with Crippen molar-refractivity contribution in [2.75, 3.05) is 0 Å². The summed E-state index contributed by atoms with van der Waals surface area (Å²) in [5.41, 5.74) is 3.66. The molecule has 7 aromatic rings. The zero-order chi connectivity index (χ0) is 39.8. The van der Waals surface area contributed by atoms with Gasteiger partial charge in [-0.15, -0.1) is 6.42 Å². The topological polar surface area (TPSA) is 134 Å². The number of aromatic hydroxyl groups is 2. The predicted molar refractivity (Wildman–Crippen MR) is 190 cm³/mol. The average molecular weight is 758 g/mol. The molecule has 0 aliphatic heterocycles. The van der Waals surface area contributed by atoms with Crippen LogP contribution in [-0.4, -0.2) is 35.9 Å². The number of nitrogens with zero attached hydrogens (tertiary/aromatic N) is 4. The maximum absolute atomic E-state index is 13.7. The number of rotatable bonds is 5. The second-order valence-corrected chi connectivity index (χ2v) is 12.4. The first-order valence-corrected chi connectivity index (χ1v) is 16.3. The van der Waals surface area contributed by atoms with E-state index in [1.165, 1.54) is 42.6 Å². The van der Waals surface area contributed by atoms with Crippen molar-refractivity contribution in [3.05, 3.63) is 119 Å². The van der Waals surface area contributed by atoms with Gasteiger partial charge in [-0.25, -0.2) is 0 Å². The SMILES string of the molecule is C#Cc1cc(C(F)(F)F)cc(-c2ccc(O)cc2)c1-c1c(C)noc1C.Cc1noc(C)c1-c1c(-c2ccc(O)cc2)cc(C(F)(F)F)cc1-c1cn[nH]n1. The van der Waals surface area contributed by atoms with Crippen LogP contribution in [0.5, 0.6) is 11.5 Å². The molecule has 280 valence electrons. The zero-order valence-corrected chi connectivity index (χ0v) is 29.4. The number of alkyl halides is 6. The van der Waals surface area contributed by atoms with Crippen LogP contribution < -0.4 is 0 Å². The van der Waals surface area contributed by atoms with Gasteiger partial charge < -0.3 is 19.3 Å². The zero-order valence-electron chi connectivity index (χ0n) is 29.4. The highest BCUT2D eigenvalue weighted by Crippen LogP contribution is 2.46. The number of hydrogen-bond acceptors (Lipinski definition) is 8. The van der Waals surface area contributed by atoms with Crippen molar-refractivity contribution in [1.29, 1.82) is 0 Å². The van der Waals surface area contributed by atoms with Crippen LogP contribution in [0.15, 0.2) is 88.0 Å². The molecule has 4 aromatic carbocycles. The predicted octanol–water partition coefficient (Wildman–Crippen LogP) is 10.5. The number of halogens is 6. The van der Waals surface area contributed by atoms with E-state index in [1.54, 1.807) is 39.8 Å². The second-order valence-electron chi connectivity index (χ2n) is 12.4. The Hall–Kier alpha value is -6.82. The molecule has 7 rings (SSSR count). The Balaban J connectivity index is 0.000000188. The molecule has 0 saturated heterocycles. The van der Waals surface area contributed by atoms with Crippen LogP contribution in [0.25, 0.3) is 55.8 Å². The van der Waals surface area contributed by atoms with Crippen LogP contribution >= 0.6 is 0 Å². The van der Waals surface area contributed by atoms with Crippen LogP contribution in [0.3, 0.4) is 0 Å². The maximum Gasteiger partial charge on any atom is 0.416 e. The van der Waals surface area contributed by atoms with Gasteiger partial charge in [0.15, 0.2) is 0 Å². The van der Waals surface area contributed by atoms with Crippen LogP contribution in [0, 0.1) is 40.0 Å². The quantitative estimate of drug-likeness (QED) is 0.117. The van der Waals surface area contributed by atoms with Crippen molar-refractivity contribution in [3.8, 4) is 79.6 Å². The molecule has 9 nitrogen and oxygen atoms in total. The normalized spacial score (nSPS) is 11.6. The molecule has 0 amide bonds. The number of aryl methyl sites for hydroxylation is 4. The second kappa shape index (κ2) is 14.5. The largest absolute Gasteiger partial charge is 0.508 e. The molecule has 0 spiro atoms. The van der Waals surface area contributed by atoms with Gasteiger partial charge in [-0.05, 0) is 98.5 Å². The van der Waals surface area contributed by atoms with E-state index in [-0.39, 0.29) is 28.3 Å². The molecule has 15 heteroatoms. The summed E-state index contributed by atoms with van der Waals surface area (Å²) in [5, 5.41) is 37.1. The Morgan fingerprint density at radius 2 is 1.05 bits per heavy atom. The van der Waals surface area contributed by atoms with Crippen molar-refractivity contribution in [2.24, 2.45) is 0 Å². The highest BCUT2D eigenvalue weighted by atomic mass is 19.4. The molecular weight excluding hydrogens is 728 g/mol. The van der Waals surface area contributed by atoms with E-state index in [0.717, 1.165) is 24.3 Å². The third kappa shape index (κ3) is 7.65. The first-order chi connectivity index (χ1) is 26.0. The Labute approximate surface area is 309 Å². The number of phenolic OH excluding ortho intramolecular Hbond substituents is 2. The molecule has 0 radical (unpaired) electrons. The van der Waals surface area contributed by atoms with Gasteiger partial charge >= 0.3 is 12.4 Å². The van der Waals surface area contributed by atoms with Gasteiger partial charge in [0.05, 0.1) is 28.7 Å². The number of phenols is 2. The Kier molecular flexibility index (Phi) is 10.0. The summed E-state index contributed by atoms with van der Waals surface area (Å²) in [6.45, 7) is 6.79. The number of nitrogens with one attached hydrogen (secondary N) is 1. The Bertz CT molecular complexity index is 2490. The smallest absolute Gasteiger partial charge is 0.416 e. The van der Waals surface area contributed by atoms with Gasteiger partial charge in [-0.3, -0.25) is 0 Å². The van der Waals surface area contributed by atoms with Crippen molar-refractivity contribution in [1.82, 2.24) is 25.7 Å². The minimum atomic E-state index is -4.57. The van der Waals surface area contributed by atoms with Gasteiger partial charge in [0.25, 0.3) is 0 Å². The molecule has 3 N–H and O–H groups in total. The highest BCUT2D eigenvalue weighted by molar-refractivity contribution is 5.95. The van der Waals surface area contributed by atoms with Crippen LogP contribution in [0.4, 0.5) is 26.3 Å². The molecule has 0 fully saturated rings. The van der Waals surface area contributed by atoms with Crippen molar-refractivity contribution < 1.29 is 45.6 Å². The third-order valence-corrected chi connectivity index (χ3v) is 8.70. The number of aromatic amines is 1. The summed E-state index contributed by atoms with van der Waals surface area (Å²) < 4.78 is 91.6. The number of terminal acetylenes is 1. The lowest BCUT2D eigenvalue weighted by Gasteiger charge is -2.18.